The highest BCUT2D eigenvalue weighted by molar-refractivity contribution is 5.74. The van der Waals surface area contributed by atoms with Gasteiger partial charge >= 0.3 is 12.0 Å². The fraction of sp³-hybridized carbons (Fsp3) is 0.857. The molecule has 0 spiro atoms. The fourth-order valence-electron chi connectivity index (χ4n) is 2.87. The van der Waals surface area contributed by atoms with Crippen LogP contribution in [0.15, 0.2) is 0 Å². The van der Waals surface area contributed by atoms with Gasteiger partial charge in [0.2, 0.25) is 0 Å². The number of urea groups is 1. The van der Waals surface area contributed by atoms with E-state index in [0.29, 0.717) is 19.6 Å². The Morgan fingerprint density at radius 3 is 2.75 bits per heavy atom. The highest BCUT2D eigenvalue weighted by Gasteiger charge is 2.31. The number of carbonyl (C=O) groups excluding carboxylic acids is 1. The Kier molecular flexibility index (Phi) is 4.86. The Labute approximate surface area is 119 Å². The fourth-order valence-corrected chi connectivity index (χ4v) is 2.87. The zero-order valence-corrected chi connectivity index (χ0v) is 12.1. The third-order valence-electron chi connectivity index (χ3n) is 4.40. The molecule has 2 N–H and O–H groups in total. The third-order valence-corrected chi connectivity index (χ3v) is 4.40. The molecule has 6 nitrogen and oxygen atoms in total. The van der Waals surface area contributed by atoms with E-state index in [1.165, 1.54) is 0 Å². The molecule has 0 aromatic rings. The van der Waals surface area contributed by atoms with Crippen molar-refractivity contribution >= 4 is 12.0 Å². The Morgan fingerprint density at radius 2 is 2.10 bits per heavy atom. The van der Waals surface area contributed by atoms with Crippen molar-refractivity contribution in [3.05, 3.63) is 0 Å². The molecule has 2 aliphatic rings. The van der Waals surface area contributed by atoms with Crippen molar-refractivity contribution in [2.75, 3.05) is 32.8 Å². The molecule has 20 heavy (non-hydrogen) atoms. The quantitative estimate of drug-likeness (QED) is 0.816. The average molecular weight is 284 g/mol. The summed E-state index contributed by atoms with van der Waals surface area (Å²) < 4.78 is 5.34. The van der Waals surface area contributed by atoms with Crippen molar-refractivity contribution in [2.24, 2.45) is 11.3 Å². The van der Waals surface area contributed by atoms with Gasteiger partial charge in [-0.15, -0.1) is 0 Å². The SMILES string of the molecule is CC1(CNC(=O)N2CCC(CC(=O)O)C2)CCOCC1. The second kappa shape index (κ2) is 6.43. The van der Waals surface area contributed by atoms with E-state index in [4.69, 9.17) is 9.84 Å². The van der Waals surface area contributed by atoms with E-state index in [0.717, 1.165) is 32.5 Å². The summed E-state index contributed by atoms with van der Waals surface area (Å²) in [7, 11) is 0. The zero-order valence-electron chi connectivity index (χ0n) is 12.1. The predicted octanol–water partition coefficient (Wildman–Crippen LogP) is 1.31. The molecule has 0 aromatic heterocycles. The number of hydrogen-bond donors (Lipinski definition) is 2. The van der Waals surface area contributed by atoms with E-state index in [2.05, 4.69) is 12.2 Å². The molecule has 1 atom stereocenters. The molecule has 2 amide bonds. The number of ether oxygens (including phenoxy) is 1. The van der Waals surface area contributed by atoms with Gasteiger partial charge in [0.05, 0.1) is 0 Å². The van der Waals surface area contributed by atoms with Crippen LogP contribution in [0.5, 0.6) is 0 Å². The molecule has 2 fully saturated rings. The molecule has 1 unspecified atom stereocenters. The largest absolute Gasteiger partial charge is 0.481 e. The van der Waals surface area contributed by atoms with Crippen LogP contribution in [-0.2, 0) is 9.53 Å². The first kappa shape index (κ1) is 15.1. The lowest BCUT2D eigenvalue weighted by atomic mass is 9.82. The van der Waals surface area contributed by atoms with Gasteiger partial charge in [-0.25, -0.2) is 4.79 Å². The lowest BCUT2D eigenvalue weighted by molar-refractivity contribution is -0.138. The first-order valence-electron chi connectivity index (χ1n) is 7.31. The summed E-state index contributed by atoms with van der Waals surface area (Å²) in [5.41, 5.74) is 0.119. The highest BCUT2D eigenvalue weighted by Crippen LogP contribution is 2.29. The lowest BCUT2D eigenvalue weighted by Crippen LogP contribution is -2.44. The van der Waals surface area contributed by atoms with Gasteiger partial charge in [0, 0.05) is 39.3 Å². The van der Waals surface area contributed by atoms with Gasteiger partial charge in [0.15, 0.2) is 0 Å². The molecule has 114 valence electrons. The minimum Gasteiger partial charge on any atom is -0.481 e. The minimum absolute atomic E-state index is 0.0643. The van der Waals surface area contributed by atoms with E-state index in [1.807, 2.05) is 0 Å². The number of carbonyl (C=O) groups is 2. The summed E-state index contributed by atoms with van der Waals surface area (Å²) in [6.07, 6.45) is 2.87. The number of hydrogen-bond acceptors (Lipinski definition) is 3. The standard InChI is InChI=1S/C14H24N2O4/c1-14(3-6-20-7-4-14)10-15-13(19)16-5-2-11(9-16)8-12(17)18/h11H,2-10H2,1H3,(H,15,19)(H,17,18). The number of carboxylic acid groups (broad SMARTS) is 1. The van der Waals surface area contributed by atoms with Crippen LogP contribution < -0.4 is 5.32 Å². The Hall–Kier alpha value is -1.30. The molecule has 0 aliphatic carbocycles. The van der Waals surface area contributed by atoms with Crippen LogP contribution >= 0.6 is 0 Å². The molecule has 0 bridgehead atoms. The van der Waals surface area contributed by atoms with Crippen LogP contribution in [-0.4, -0.2) is 54.9 Å². The van der Waals surface area contributed by atoms with Gasteiger partial charge in [0.25, 0.3) is 0 Å². The van der Waals surface area contributed by atoms with Crippen molar-refractivity contribution in [1.82, 2.24) is 10.2 Å². The number of likely N-dealkylation sites (tertiary alicyclic amines) is 1. The van der Waals surface area contributed by atoms with Crippen molar-refractivity contribution < 1.29 is 19.4 Å². The van der Waals surface area contributed by atoms with Gasteiger partial charge < -0.3 is 20.1 Å². The predicted molar refractivity (Wildman–Crippen MR) is 73.5 cm³/mol. The van der Waals surface area contributed by atoms with E-state index in [1.54, 1.807) is 4.90 Å². The molecular formula is C14H24N2O4. The zero-order chi connectivity index (χ0) is 14.6. The summed E-state index contributed by atoms with van der Waals surface area (Å²) >= 11 is 0. The molecule has 2 aliphatic heterocycles. The summed E-state index contributed by atoms with van der Waals surface area (Å²) in [5.74, 6) is -0.691. The first-order valence-corrected chi connectivity index (χ1v) is 7.31. The van der Waals surface area contributed by atoms with Crippen molar-refractivity contribution in [3.63, 3.8) is 0 Å². The van der Waals surface area contributed by atoms with E-state index < -0.39 is 5.97 Å². The van der Waals surface area contributed by atoms with Crippen LogP contribution in [0.4, 0.5) is 4.79 Å². The van der Waals surface area contributed by atoms with Crippen LogP contribution in [0.1, 0.15) is 32.6 Å². The summed E-state index contributed by atoms with van der Waals surface area (Å²) in [5, 5.41) is 11.8. The van der Waals surface area contributed by atoms with Gasteiger partial charge in [-0.1, -0.05) is 6.92 Å². The molecule has 0 aromatic carbocycles. The average Bonchev–Trinajstić information content (AvgIpc) is 2.85. The molecular weight excluding hydrogens is 260 g/mol. The van der Waals surface area contributed by atoms with E-state index in [9.17, 15) is 9.59 Å². The molecule has 2 rings (SSSR count). The van der Waals surface area contributed by atoms with Gasteiger partial charge in [0.1, 0.15) is 0 Å². The van der Waals surface area contributed by atoms with Crippen LogP contribution in [0.2, 0.25) is 0 Å². The third kappa shape index (κ3) is 4.10. The number of nitrogens with zero attached hydrogens (tertiary/aromatic N) is 1. The summed E-state index contributed by atoms with van der Waals surface area (Å²) in [6, 6.07) is -0.0643. The Morgan fingerprint density at radius 1 is 1.40 bits per heavy atom. The monoisotopic (exact) mass is 284 g/mol. The smallest absolute Gasteiger partial charge is 0.317 e. The van der Waals surface area contributed by atoms with Crippen LogP contribution in [0, 0.1) is 11.3 Å². The van der Waals surface area contributed by atoms with E-state index >= 15 is 0 Å². The Balaban J connectivity index is 1.74. The second-order valence-electron chi connectivity index (χ2n) is 6.28. The van der Waals surface area contributed by atoms with Gasteiger partial charge in [-0.3, -0.25) is 4.79 Å². The van der Waals surface area contributed by atoms with Gasteiger partial charge in [-0.2, -0.15) is 0 Å². The van der Waals surface area contributed by atoms with Crippen molar-refractivity contribution in [3.8, 4) is 0 Å². The molecule has 2 saturated heterocycles. The maximum absolute atomic E-state index is 12.1. The lowest BCUT2D eigenvalue weighted by Gasteiger charge is -2.34. The number of carboxylic acids is 1. The maximum Gasteiger partial charge on any atom is 0.317 e. The maximum atomic E-state index is 12.1. The Bertz CT molecular complexity index is 366. The van der Waals surface area contributed by atoms with Gasteiger partial charge in [-0.05, 0) is 30.6 Å². The first-order chi connectivity index (χ1) is 9.48. The van der Waals surface area contributed by atoms with Crippen LogP contribution in [0.25, 0.3) is 0 Å². The van der Waals surface area contributed by atoms with Crippen LogP contribution in [0.3, 0.4) is 0 Å². The molecule has 6 heteroatoms. The van der Waals surface area contributed by atoms with Crippen molar-refractivity contribution in [1.29, 1.82) is 0 Å². The minimum atomic E-state index is -0.785. The summed E-state index contributed by atoms with van der Waals surface area (Å²) in [4.78, 5) is 24.5. The van der Waals surface area contributed by atoms with Crippen molar-refractivity contribution in [2.45, 2.75) is 32.6 Å². The number of nitrogens with one attached hydrogen (secondary N) is 1. The number of amides is 2. The highest BCUT2D eigenvalue weighted by atomic mass is 16.5. The molecule has 2 heterocycles. The van der Waals surface area contributed by atoms with E-state index in [-0.39, 0.29) is 23.8 Å². The topological polar surface area (TPSA) is 78.9 Å². The molecule has 0 saturated carbocycles. The summed E-state index contributed by atoms with van der Waals surface area (Å²) in [6.45, 7) is 5.57. The normalized spacial score (nSPS) is 25.4. The number of rotatable bonds is 4. The second-order valence-corrected chi connectivity index (χ2v) is 6.28. The molecule has 0 radical (unpaired) electrons. The number of aliphatic carboxylic acids is 1.